The molecule has 0 radical (unpaired) electrons. The van der Waals surface area contributed by atoms with Gasteiger partial charge in [0.1, 0.15) is 23.2 Å². The molecule has 3 fully saturated rings. The zero-order valence-electron chi connectivity index (χ0n) is 21.9. The summed E-state index contributed by atoms with van der Waals surface area (Å²) in [5.74, 6) is -0.149. The number of hydrogen-bond donors (Lipinski definition) is 3. The van der Waals surface area contributed by atoms with Crippen molar-refractivity contribution in [2.24, 2.45) is 11.8 Å². The van der Waals surface area contributed by atoms with Gasteiger partial charge in [-0.25, -0.2) is 4.79 Å². The Labute approximate surface area is 214 Å². The summed E-state index contributed by atoms with van der Waals surface area (Å²) in [7, 11) is 0. The van der Waals surface area contributed by atoms with Gasteiger partial charge in [0.2, 0.25) is 17.7 Å². The number of hydrogen-bond acceptors (Lipinski definition) is 5. The number of fused-ring (bicyclic) bond motifs is 2. The van der Waals surface area contributed by atoms with Crippen LogP contribution in [0, 0.1) is 11.8 Å². The molecule has 2 saturated carbocycles. The van der Waals surface area contributed by atoms with Crippen molar-refractivity contribution in [3.63, 3.8) is 0 Å². The molecule has 2 aliphatic carbocycles. The summed E-state index contributed by atoms with van der Waals surface area (Å²) in [6, 6.07) is -1.40. The van der Waals surface area contributed by atoms with E-state index >= 15 is 0 Å². The van der Waals surface area contributed by atoms with E-state index in [4.69, 9.17) is 4.74 Å². The van der Waals surface area contributed by atoms with Gasteiger partial charge in [0, 0.05) is 19.0 Å². The van der Waals surface area contributed by atoms with Gasteiger partial charge in [-0.3, -0.25) is 14.4 Å². The van der Waals surface area contributed by atoms with Crippen LogP contribution in [0.4, 0.5) is 4.79 Å². The third-order valence-electron chi connectivity index (χ3n) is 7.57. The largest absolute Gasteiger partial charge is 0.444 e. The minimum atomic E-state index is -0.936. The van der Waals surface area contributed by atoms with Crippen molar-refractivity contribution in [2.45, 2.75) is 108 Å². The molecular weight excluding hydrogens is 460 g/mol. The van der Waals surface area contributed by atoms with Gasteiger partial charge in [0.15, 0.2) is 0 Å². The van der Waals surface area contributed by atoms with Crippen molar-refractivity contribution < 1.29 is 23.9 Å². The number of rotatable bonds is 4. The van der Waals surface area contributed by atoms with E-state index in [9.17, 15) is 19.2 Å². The molecule has 4 atom stereocenters. The molecule has 36 heavy (non-hydrogen) atoms. The molecule has 0 bridgehead atoms. The second kappa shape index (κ2) is 10.8. The third kappa shape index (κ3) is 6.59. The lowest BCUT2D eigenvalue weighted by atomic mass is 10.0. The predicted molar refractivity (Wildman–Crippen MR) is 135 cm³/mol. The highest BCUT2D eigenvalue weighted by atomic mass is 16.6. The fourth-order valence-electron chi connectivity index (χ4n) is 5.26. The van der Waals surface area contributed by atoms with E-state index in [-0.39, 0.29) is 23.6 Å². The van der Waals surface area contributed by atoms with E-state index in [0.717, 1.165) is 38.5 Å². The first-order valence-corrected chi connectivity index (χ1v) is 13.7. The monoisotopic (exact) mass is 502 g/mol. The van der Waals surface area contributed by atoms with E-state index in [1.807, 2.05) is 0 Å². The average molecular weight is 503 g/mol. The van der Waals surface area contributed by atoms with Crippen LogP contribution < -0.4 is 16.0 Å². The quantitative estimate of drug-likeness (QED) is 0.511. The SMILES string of the molecule is CC(C)(C)OC(=O)NC1CCCCC/C=C\C2CC2(C(=O)NCC2CC2)NC(=O)C2CCCN2C1=O. The molecule has 1 saturated heterocycles. The maximum Gasteiger partial charge on any atom is 0.408 e. The highest BCUT2D eigenvalue weighted by molar-refractivity contribution is 5.98. The Kier molecular flexibility index (Phi) is 7.95. The molecule has 0 spiro atoms. The lowest BCUT2D eigenvalue weighted by Gasteiger charge is -2.30. The Hall–Kier alpha value is -2.58. The maximum absolute atomic E-state index is 13.6. The second-order valence-electron chi connectivity index (χ2n) is 11.9. The lowest BCUT2D eigenvalue weighted by Crippen LogP contribution is -2.58. The molecule has 4 amide bonds. The summed E-state index contributed by atoms with van der Waals surface area (Å²) < 4.78 is 5.40. The van der Waals surface area contributed by atoms with Crippen molar-refractivity contribution in [1.29, 1.82) is 0 Å². The molecule has 0 aromatic carbocycles. The predicted octanol–water partition coefficient (Wildman–Crippen LogP) is 2.79. The van der Waals surface area contributed by atoms with Crippen LogP contribution in [-0.2, 0) is 19.1 Å². The number of alkyl carbamates (subject to hydrolysis) is 1. The van der Waals surface area contributed by atoms with Gasteiger partial charge in [-0.05, 0) is 78.1 Å². The zero-order valence-corrected chi connectivity index (χ0v) is 21.9. The Morgan fingerprint density at radius 2 is 1.89 bits per heavy atom. The van der Waals surface area contributed by atoms with Crippen molar-refractivity contribution in [1.82, 2.24) is 20.9 Å². The second-order valence-corrected chi connectivity index (χ2v) is 11.9. The number of carbonyl (C=O) groups is 4. The molecule has 200 valence electrons. The highest BCUT2D eigenvalue weighted by Gasteiger charge is 2.60. The van der Waals surface area contributed by atoms with Crippen molar-refractivity contribution >= 4 is 23.8 Å². The number of nitrogens with zero attached hydrogens (tertiary/aromatic N) is 1. The van der Waals surface area contributed by atoms with Crippen LogP contribution in [0.25, 0.3) is 0 Å². The van der Waals surface area contributed by atoms with E-state index in [1.165, 1.54) is 0 Å². The molecule has 2 heterocycles. The molecule has 0 aromatic heterocycles. The molecule has 9 heteroatoms. The van der Waals surface area contributed by atoms with E-state index in [1.54, 1.807) is 25.7 Å². The minimum Gasteiger partial charge on any atom is -0.444 e. The number of carbonyl (C=O) groups excluding carboxylic acids is 4. The molecule has 4 rings (SSSR count). The van der Waals surface area contributed by atoms with Gasteiger partial charge in [-0.2, -0.15) is 0 Å². The number of ether oxygens (including phenoxy) is 1. The van der Waals surface area contributed by atoms with Crippen LogP contribution in [0.15, 0.2) is 12.2 Å². The van der Waals surface area contributed by atoms with Gasteiger partial charge in [-0.15, -0.1) is 0 Å². The Morgan fingerprint density at radius 3 is 2.61 bits per heavy atom. The highest BCUT2D eigenvalue weighted by Crippen LogP contribution is 2.45. The van der Waals surface area contributed by atoms with E-state index < -0.39 is 29.3 Å². The molecular formula is C27H42N4O5. The van der Waals surface area contributed by atoms with Gasteiger partial charge >= 0.3 is 6.09 Å². The molecule has 4 aliphatic rings. The number of amides is 4. The van der Waals surface area contributed by atoms with E-state index in [0.29, 0.717) is 44.7 Å². The summed E-state index contributed by atoms with van der Waals surface area (Å²) in [6.07, 6.45) is 11.7. The average Bonchev–Trinajstić information content (AvgIpc) is 3.70. The Bertz CT molecular complexity index is 893. The summed E-state index contributed by atoms with van der Waals surface area (Å²) in [4.78, 5) is 54.3. The van der Waals surface area contributed by atoms with Crippen molar-refractivity contribution in [3.05, 3.63) is 12.2 Å². The first kappa shape index (κ1) is 26.5. The standard InChI is InChI=1S/C27H42N4O5/c1-26(2,3)36-25(35)29-20-11-8-6-4-5-7-10-19-16-27(19,24(34)28-17-18-13-14-18)30-22(32)21-12-9-15-31(21)23(20)33/h7,10,18-21H,4-6,8-9,11-17H2,1-3H3,(H,28,34)(H,29,35)(H,30,32)/b10-7-. The molecule has 9 nitrogen and oxygen atoms in total. The summed E-state index contributed by atoms with van der Waals surface area (Å²) in [6.45, 7) is 6.44. The van der Waals surface area contributed by atoms with Crippen LogP contribution in [0.3, 0.4) is 0 Å². The van der Waals surface area contributed by atoms with Crippen LogP contribution >= 0.6 is 0 Å². The maximum atomic E-state index is 13.6. The normalized spacial score (nSPS) is 32.2. The third-order valence-corrected chi connectivity index (χ3v) is 7.57. The molecule has 4 unspecified atom stereocenters. The van der Waals surface area contributed by atoms with E-state index in [2.05, 4.69) is 28.1 Å². The minimum absolute atomic E-state index is 0.0297. The van der Waals surface area contributed by atoms with Crippen molar-refractivity contribution in [2.75, 3.05) is 13.1 Å². The molecule has 2 aliphatic heterocycles. The van der Waals surface area contributed by atoms with Crippen LogP contribution in [0.1, 0.15) is 85.0 Å². The smallest absolute Gasteiger partial charge is 0.408 e. The van der Waals surface area contributed by atoms with Gasteiger partial charge < -0.3 is 25.6 Å². The first-order valence-electron chi connectivity index (χ1n) is 13.7. The van der Waals surface area contributed by atoms with Gasteiger partial charge in [0.05, 0.1) is 0 Å². The number of allylic oxidation sites excluding steroid dienone is 1. The van der Waals surface area contributed by atoms with Crippen LogP contribution in [0.5, 0.6) is 0 Å². The molecule has 0 aromatic rings. The summed E-state index contributed by atoms with van der Waals surface area (Å²) >= 11 is 0. The van der Waals surface area contributed by atoms with Gasteiger partial charge in [0.25, 0.3) is 0 Å². The topological polar surface area (TPSA) is 117 Å². The molecule has 3 N–H and O–H groups in total. The van der Waals surface area contributed by atoms with Crippen LogP contribution in [-0.4, -0.2) is 65.0 Å². The zero-order chi connectivity index (χ0) is 25.9. The van der Waals surface area contributed by atoms with Gasteiger partial charge in [-0.1, -0.05) is 25.0 Å². The van der Waals surface area contributed by atoms with Crippen LogP contribution in [0.2, 0.25) is 0 Å². The summed E-state index contributed by atoms with van der Waals surface area (Å²) in [5, 5.41) is 8.86. The fourth-order valence-corrected chi connectivity index (χ4v) is 5.26. The Balaban J connectivity index is 1.50. The first-order chi connectivity index (χ1) is 17.1. The van der Waals surface area contributed by atoms with Crippen molar-refractivity contribution in [3.8, 4) is 0 Å². The summed E-state index contributed by atoms with van der Waals surface area (Å²) in [5.41, 5.74) is -1.61. The Morgan fingerprint density at radius 1 is 1.11 bits per heavy atom. The fraction of sp³-hybridized carbons (Fsp3) is 0.778. The lowest BCUT2D eigenvalue weighted by molar-refractivity contribution is -0.141. The number of nitrogens with one attached hydrogen (secondary N) is 3.